The summed E-state index contributed by atoms with van der Waals surface area (Å²) in [5.41, 5.74) is 0. The minimum atomic E-state index is -2.55. The number of rotatable bonds is 5. The van der Waals surface area contributed by atoms with Crippen molar-refractivity contribution >= 4 is 11.9 Å². The van der Waals surface area contributed by atoms with Gasteiger partial charge in [0.25, 0.3) is 5.79 Å². The van der Waals surface area contributed by atoms with Crippen molar-refractivity contribution in [3.05, 3.63) is 0 Å². The van der Waals surface area contributed by atoms with Crippen LogP contribution >= 0.6 is 0 Å². The Bertz CT molecular complexity index is 419. The first-order chi connectivity index (χ1) is 10.2. The lowest BCUT2D eigenvalue weighted by molar-refractivity contribution is -0.296. The fraction of sp³-hybridized carbons (Fsp3) is 0.833. The first-order valence-electron chi connectivity index (χ1n) is 6.57. The third-order valence-electron chi connectivity index (χ3n) is 3.38. The molecule has 0 radical (unpaired) electrons. The Labute approximate surface area is 131 Å². The van der Waals surface area contributed by atoms with E-state index >= 15 is 0 Å². The van der Waals surface area contributed by atoms with E-state index in [1.54, 1.807) is 0 Å². The van der Waals surface area contributed by atoms with Gasteiger partial charge in [0.2, 0.25) is 5.91 Å². The van der Waals surface area contributed by atoms with E-state index in [1.807, 2.05) is 0 Å². The molecule has 0 aromatic heterocycles. The molecule has 0 saturated carbocycles. The van der Waals surface area contributed by atoms with Crippen LogP contribution in [0.25, 0.3) is 0 Å². The van der Waals surface area contributed by atoms with E-state index in [0.717, 1.165) is 14.0 Å². The molecule has 1 aliphatic heterocycles. The molecule has 1 aliphatic rings. The maximum Gasteiger partial charge on any atom is 0.366 e. The fourth-order valence-electron chi connectivity index (χ4n) is 2.29. The fourth-order valence-corrected chi connectivity index (χ4v) is 2.29. The number of amides is 1. The normalized spacial score (nSPS) is 33.1. The minimum Gasteiger partial charge on any atom is -0.465 e. The molecule has 23 heavy (non-hydrogen) atoms. The van der Waals surface area contributed by atoms with E-state index < -0.39 is 61.1 Å². The Kier molecular flexibility index (Phi) is 8.00. The molecule has 11 heteroatoms. The summed E-state index contributed by atoms with van der Waals surface area (Å²) in [4.78, 5) is 22.8. The standard InChI is InChI=1S/C12H21NO9.H2O/c1-5(15)13-8-6(16)3-12(20,11(19)21-2)22-10(8)9(18)7(17)4-14;/h6-10,14,16-18,20H,3-4H2,1-2H3,(H,13,15);1H2/t6-,7+,8+,9+,10+,12?;/m0./s1. The van der Waals surface area contributed by atoms with Gasteiger partial charge in [0.15, 0.2) is 0 Å². The Morgan fingerprint density at radius 1 is 1.43 bits per heavy atom. The lowest BCUT2D eigenvalue weighted by Gasteiger charge is -2.45. The van der Waals surface area contributed by atoms with Crippen LogP contribution in [0.3, 0.4) is 0 Å². The number of nitrogens with one attached hydrogen (secondary N) is 1. The molecule has 1 saturated heterocycles. The molecule has 1 fully saturated rings. The molecule has 0 aromatic carbocycles. The summed E-state index contributed by atoms with van der Waals surface area (Å²) in [6.07, 6.45) is -7.09. The molecule has 0 aliphatic carbocycles. The molecule has 1 amide bonds. The Morgan fingerprint density at radius 3 is 2.43 bits per heavy atom. The van der Waals surface area contributed by atoms with Gasteiger partial charge in [0.1, 0.15) is 18.3 Å². The molecule has 11 nitrogen and oxygen atoms in total. The van der Waals surface area contributed by atoms with E-state index in [-0.39, 0.29) is 5.48 Å². The van der Waals surface area contributed by atoms with Crippen LogP contribution < -0.4 is 5.32 Å². The zero-order valence-electron chi connectivity index (χ0n) is 12.7. The van der Waals surface area contributed by atoms with Crippen molar-refractivity contribution in [2.24, 2.45) is 0 Å². The van der Waals surface area contributed by atoms with Crippen LogP contribution in [0, 0.1) is 0 Å². The summed E-state index contributed by atoms with van der Waals surface area (Å²) >= 11 is 0. The topological polar surface area (TPSA) is 197 Å². The van der Waals surface area contributed by atoms with Crippen molar-refractivity contribution in [2.45, 2.75) is 49.6 Å². The number of aliphatic hydroxyl groups excluding tert-OH is 4. The number of carbonyl (C=O) groups is 2. The van der Waals surface area contributed by atoms with Crippen molar-refractivity contribution in [3.63, 3.8) is 0 Å². The van der Waals surface area contributed by atoms with Gasteiger partial charge in [-0.1, -0.05) is 0 Å². The van der Waals surface area contributed by atoms with Crippen LogP contribution in [-0.2, 0) is 19.1 Å². The van der Waals surface area contributed by atoms with E-state index in [1.165, 1.54) is 0 Å². The van der Waals surface area contributed by atoms with Crippen LogP contribution in [0.1, 0.15) is 13.3 Å². The van der Waals surface area contributed by atoms with Crippen molar-refractivity contribution in [2.75, 3.05) is 13.7 Å². The second kappa shape index (κ2) is 8.49. The smallest absolute Gasteiger partial charge is 0.366 e. The van der Waals surface area contributed by atoms with Crippen LogP contribution in [0.5, 0.6) is 0 Å². The van der Waals surface area contributed by atoms with Gasteiger partial charge in [-0.05, 0) is 0 Å². The highest BCUT2D eigenvalue weighted by atomic mass is 16.7. The number of methoxy groups -OCH3 is 1. The van der Waals surface area contributed by atoms with Gasteiger partial charge < -0.3 is 45.8 Å². The summed E-state index contributed by atoms with van der Waals surface area (Å²) in [5.74, 6) is -4.32. The average Bonchev–Trinajstić information content (AvgIpc) is 2.46. The first kappa shape index (κ1) is 21.7. The summed E-state index contributed by atoms with van der Waals surface area (Å²) in [7, 11) is 0.990. The maximum atomic E-state index is 11.6. The van der Waals surface area contributed by atoms with E-state index in [4.69, 9.17) is 9.84 Å². The predicted molar refractivity (Wildman–Crippen MR) is 72.8 cm³/mol. The molecule has 0 bridgehead atoms. The number of aliphatic hydroxyl groups is 5. The van der Waals surface area contributed by atoms with E-state index in [2.05, 4.69) is 10.1 Å². The van der Waals surface area contributed by atoms with Gasteiger partial charge in [0, 0.05) is 13.3 Å². The maximum absolute atomic E-state index is 11.6. The highest BCUT2D eigenvalue weighted by Crippen LogP contribution is 2.31. The second-order valence-electron chi connectivity index (χ2n) is 5.10. The van der Waals surface area contributed by atoms with Crippen molar-refractivity contribution in [1.82, 2.24) is 5.32 Å². The quantitative estimate of drug-likeness (QED) is 0.266. The molecule has 0 spiro atoms. The lowest BCUT2D eigenvalue weighted by atomic mass is 9.88. The average molecular weight is 341 g/mol. The summed E-state index contributed by atoms with van der Waals surface area (Å²) < 4.78 is 9.45. The summed E-state index contributed by atoms with van der Waals surface area (Å²) in [6.45, 7) is 0.320. The van der Waals surface area contributed by atoms with Crippen molar-refractivity contribution in [1.29, 1.82) is 0 Å². The van der Waals surface area contributed by atoms with E-state index in [9.17, 15) is 30.0 Å². The zero-order chi connectivity index (χ0) is 17.1. The van der Waals surface area contributed by atoms with Gasteiger partial charge in [-0.25, -0.2) is 4.79 Å². The van der Waals surface area contributed by atoms with Crippen molar-refractivity contribution in [3.8, 4) is 0 Å². The van der Waals surface area contributed by atoms with Gasteiger partial charge in [-0.2, -0.15) is 0 Å². The third kappa shape index (κ3) is 4.81. The Hall–Kier alpha value is -1.34. The number of esters is 1. The molecule has 136 valence electrons. The van der Waals surface area contributed by atoms with Gasteiger partial charge in [-0.3, -0.25) is 4.79 Å². The molecule has 1 unspecified atom stereocenters. The minimum absolute atomic E-state index is 0. The molecular weight excluding hydrogens is 318 g/mol. The number of hydrogen-bond donors (Lipinski definition) is 6. The molecule has 1 heterocycles. The van der Waals surface area contributed by atoms with Crippen molar-refractivity contribution < 1.29 is 50.1 Å². The highest BCUT2D eigenvalue weighted by molar-refractivity contribution is 5.78. The number of carbonyl (C=O) groups excluding carboxylic acids is 2. The SMILES string of the molecule is COC(=O)C1(O)C[C@H](O)[C@@H](NC(C)=O)[C@H]([C@H](O)[C@H](O)CO)O1.O. The van der Waals surface area contributed by atoms with Gasteiger partial charge in [-0.15, -0.1) is 0 Å². The third-order valence-corrected chi connectivity index (χ3v) is 3.38. The van der Waals surface area contributed by atoms with Gasteiger partial charge >= 0.3 is 5.97 Å². The molecule has 6 atom stereocenters. The predicted octanol–water partition coefficient (Wildman–Crippen LogP) is -4.61. The Balaban J connectivity index is 0.00000484. The zero-order valence-corrected chi connectivity index (χ0v) is 12.7. The largest absolute Gasteiger partial charge is 0.465 e. The van der Waals surface area contributed by atoms with Gasteiger partial charge in [0.05, 0.1) is 25.9 Å². The molecule has 8 N–H and O–H groups in total. The first-order valence-corrected chi connectivity index (χ1v) is 6.57. The molecule has 0 aromatic rings. The van der Waals surface area contributed by atoms with Crippen LogP contribution in [0.2, 0.25) is 0 Å². The Morgan fingerprint density at radius 2 is 2.00 bits per heavy atom. The summed E-state index contributed by atoms with van der Waals surface area (Å²) in [6, 6.07) is -1.21. The number of hydrogen-bond acceptors (Lipinski definition) is 9. The van der Waals surface area contributed by atoms with E-state index in [0.29, 0.717) is 0 Å². The highest BCUT2D eigenvalue weighted by Gasteiger charge is 2.54. The van der Waals surface area contributed by atoms with Crippen LogP contribution in [0.15, 0.2) is 0 Å². The lowest BCUT2D eigenvalue weighted by Crippen LogP contribution is -2.67. The van der Waals surface area contributed by atoms with Crippen LogP contribution in [0.4, 0.5) is 0 Å². The monoisotopic (exact) mass is 341 g/mol. The second-order valence-corrected chi connectivity index (χ2v) is 5.10. The summed E-state index contributed by atoms with van der Waals surface area (Å²) in [5, 5.41) is 50.8. The number of ether oxygens (including phenoxy) is 2. The van der Waals surface area contributed by atoms with Crippen LogP contribution in [-0.4, -0.2) is 92.8 Å². The molecular formula is C12H23NO10. The molecule has 1 rings (SSSR count).